The molecule has 0 bridgehead atoms. The van der Waals surface area contributed by atoms with Crippen LogP contribution in [0.5, 0.6) is 0 Å². The lowest BCUT2D eigenvalue weighted by Crippen LogP contribution is -1.97. The lowest BCUT2D eigenvalue weighted by atomic mass is 9.97. The first kappa shape index (κ1) is 13.1. The first-order valence-corrected chi connectivity index (χ1v) is 7.51. The number of hydrogen-bond acceptors (Lipinski definition) is 1. The van der Waals surface area contributed by atoms with Gasteiger partial charge in [0.1, 0.15) is 0 Å². The van der Waals surface area contributed by atoms with E-state index in [-0.39, 0.29) is 5.38 Å². The topological polar surface area (TPSA) is 0 Å². The predicted molar refractivity (Wildman–Crippen MR) is 80.4 cm³/mol. The average Bonchev–Trinajstić information content (AvgIpc) is 2.61. The molecule has 2 rings (SSSR count). The fourth-order valence-electron chi connectivity index (χ4n) is 1.93. The highest BCUT2D eigenvalue weighted by atomic mass is 79.9. The molecule has 0 fully saturated rings. The molecule has 0 saturated carbocycles. The molecule has 0 spiro atoms. The van der Waals surface area contributed by atoms with Crippen LogP contribution in [-0.2, 0) is 0 Å². The summed E-state index contributed by atoms with van der Waals surface area (Å²) in [5, 5.41) is -0.0579. The van der Waals surface area contributed by atoms with Gasteiger partial charge in [-0.15, -0.1) is 22.9 Å². The number of benzene rings is 1. The summed E-state index contributed by atoms with van der Waals surface area (Å²) in [6.45, 7) is 6.38. The molecule has 17 heavy (non-hydrogen) atoms. The lowest BCUT2D eigenvalue weighted by molar-refractivity contribution is 1.09. The zero-order valence-electron chi connectivity index (χ0n) is 10.1. The van der Waals surface area contributed by atoms with E-state index >= 15 is 0 Å². The van der Waals surface area contributed by atoms with E-state index in [1.54, 1.807) is 11.3 Å². The van der Waals surface area contributed by atoms with E-state index in [0.717, 1.165) is 3.79 Å². The van der Waals surface area contributed by atoms with Gasteiger partial charge in [0.05, 0.1) is 9.16 Å². The molecule has 0 amide bonds. The normalized spacial score (nSPS) is 12.8. The third kappa shape index (κ3) is 2.59. The maximum Gasteiger partial charge on any atom is 0.0849 e. The fraction of sp³-hybridized carbons (Fsp3) is 0.286. The molecule has 90 valence electrons. The van der Waals surface area contributed by atoms with Crippen LogP contribution < -0.4 is 0 Å². The highest BCUT2D eigenvalue weighted by Gasteiger charge is 2.17. The summed E-state index contributed by atoms with van der Waals surface area (Å²) >= 11 is 11.9. The Morgan fingerprint density at radius 2 is 1.88 bits per heavy atom. The van der Waals surface area contributed by atoms with Crippen LogP contribution in [0.25, 0.3) is 0 Å². The average molecular weight is 330 g/mol. The largest absolute Gasteiger partial charge is 0.133 e. The molecule has 3 heteroatoms. The summed E-state index contributed by atoms with van der Waals surface area (Å²) in [6, 6.07) is 8.44. The van der Waals surface area contributed by atoms with E-state index in [1.807, 2.05) is 0 Å². The van der Waals surface area contributed by atoms with E-state index in [9.17, 15) is 0 Å². The standard InChI is InChI=1S/C14H14BrClS/c1-8-5-4-6-11(9(8)2)14(16)12-7-13(15)17-10(12)3/h4-7,14H,1-3H3. The molecule has 1 heterocycles. The van der Waals surface area contributed by atoms with Gasteiger partial charge >= 0.3 is 0 Å². The van der Waals surface area contributed by atoms with Crippen LogP contribution in [0.4, 0.5) is 0 Å². The van der Waals surface area contributed by atoms with Crippen molar-refractivity contribution in [2.24, 2.45) is 0 Å². The van der Waals surface area contributed by atoms with E-state index in [2.05, 4.69) is 61.0 Å². The first-order chi connectivity index (χ1) is 8.00. The molecule has 1 aromatic carbocycles. The van der Waals surface area contributed by atoms with Gasteiger partial charge in [0.2, 0.25) is 0 Å². The highest BCUT2D eigenvalue weighted by Crippen LogP contribution is 2.38. The van der Waals surface area contributed by atoms with Crippen molar-refractivity contribution >= 4 is 38.9 Å². The Hall–Kier alpha value is -0.310. The summed E-state index contributed by atoms with van der Waals surface area (Å²) < 4.78 is 1.14. The van der Waals surface area contributed by atoms with Gasteiger partial charge in [0.25, 0.3) is 0 Å². The monoisotopic (exact) mass is 328 g/mol. The molecule has 0 aliphatic carbocycles. The maximum atomic E-state index is 6.61. The second-order valence-electron chi connectivity index (χ2n) is 4.21. The quantitative estimate of drug-likeness (QED) is 0.614. The minimum Gasteiger partial charge on any atom is -0.133 e. The summed E-state index contributed by atoms with van der Waals surface area (Å²) in [4.78, 5) is 1.28. The van der Waals surface area contributed by atoms with E-state index < -0.39 is 0 Å². The Kier molecular flexibility index (Phi) is 3.96. The first-order valence-electron chi connectivity index (χ1n) is 5.46. The molecule has 0 aliphatic rings. The van der Waals surface area contributed by atoms with Crippen molar-refractivity contribution < 1.29 is 0 Å². The Labute approximate surface area is 120 Å². The molecular weight excluding hydrogens is 316 g/mol. The van der Waals surface area contributed by atoms with Gasteiger partial charge in [-0.2, -0.15) is 0 Å². The number of hydrogen-bond donors (Lipinski definition) is 0. The van der Waals surface area contributed by atoms with Crippen LogP contribution in [0, 0.1) is 20.8 Å². The van der Waals surface area contributed by atoms with Crippen molar-refractivity contribution in [1.29, 1.82) is 0 Å². The van der Waals surface area contributed by atoms with Crippen LogP contribution in [-0.4, -0.2) is 0 Å². The molecule has 1 atom stereocenters. The van der Waals surface area contributed by atoms with Crippen LogP contribution in [0.15, 0.2) is 28.1 Å². The Bertz CT molecular complexity index is 545. The SMILES string of the molecule is Cc1cccc(C(Cl)c2cc(Br)sc2C)c1C. The molecule has 2 aromatic rings. The summed E-state index contributed by atoms with van der Waals surface area (Å²) in [5.41, 5.74) is 4.99. The predicted octanol–water partition coefficient (Wildman–Crippen LogP) is 5.76. The van der Waals surface area contributed by atoms with Gasteiger partial charge in [0.15, 0.2) is 0 Å². The zero-order chi connectivity index (χ0) is 12.6. The van der Waals surface area contributed by atoms with Crippen LogP contribution in [0.1, 0.15) is 32.5 Å². The van der Waals surface area contributed by atoms with Gasteiger partial charge in [-0.1, -0.05) is 18.2 Å². The van der Waals surface area contributed by atoms with Gasteiger partial charge in [-0.25, -0.2) is 0 Å². The number of alkyl halides is 1. The smallest absolute Gasteiger partial charge is 0.0849 e. The molecule has 0 N–H and O–H groups in total. The zero-order valence-corrected chi connectivity index (χ0v) is 13.2. The van der Waals surface area contributed by atoms with Gasteiger partial charge < -0.3 is 0 Å². The van der Waals surface area contributed by atoms with Crippen LogP contribution in [0.2, 0.25) is 0 Å². The van der Waals surface area contributed by atoms with Crippen molar-refractivity contribution in [2.45, 2.75) is 26.1 Å². The van der Waals surface area contributed by atoms with E-state index in [4.69, 9.17) is 11.6 Å². The Balaban J connectivity index is 2.47. The Morgan fingerprint density at radius 3 is 2.47 bits per heavy atom. The Morgan fingerprint density at radius 1 is 1.18 bits per heavy atom. The molecule has 0 saturated heterocycles. The van der Waals surface area contributed by atoms with Crippen molar-refractivity contribution in [1.82, 2.24) is 0 Å². The van der Waals surface area contributed by atoms with Crippen molar-refractivity contribution in [3.05, 3.63) is 55.2 Å². The van der Waals surface area contributed by atoms with Crippen LogP contribution >= 0.6 is 38.9 Å². The van der Waals surface area contributed by atoms with E-state index in [1.165, 1.54) is 27.1 Å². The van der Waals surface area contributed by atoms with E-state index in [0.29, 0.717) is 0 Å². The number of rotatable bonds is 2. The lowest BCUT2D eigenvalue weighted by Gasteiger charge is -2.14. The molecule has 1 aromatic heterocycles. The highest BCUT2D eigenvalue weighted by molar-refractivity contribution is 9.11. The van der Waals surface area contributed by atoms with Crippen molar-refractivity contribution in [3.63, 3.8) is 0 Å². The minimum atomic E-state index is -0.0579. The third-order valence-electron chi connectivity index (χ3n) is 3.12. The molecule has 1 unspecified atom stereocenters. The van der Waals surface area contributed by atoms with Gasteiger partial charge in [-0.3, -0.25) is 0 Å². The van der Waals surface area contributed by atoms with Gasteiger partial charge in [0, 0.05) is 4.88 Å². The van der Waals surface area contributed by atoms with Crippen LogP contribution in [0.3, 0.4) is 0 Å². The number of thiophene rings is 1. The molecule has 0 aliphatic heterocycles. The number of aryl methyl sites for hydroxylation is 2. The molecular formula is C14H14BrClS. The third-order valence-corrected chi connectivity index (χ3v) is 5.16. The van der Waals surface area contributed by atoms with Crippen molar-refractivity contribution in [3.8, 4) is 0 Å². The number of halogens is 2. The van der Waals surface area contributed by atoms with Crippen molar-refractivity contribution in [2.75, 3.05) is 0 Å². The molecule has 0 nitrogen and oxygen atoms in total. The minimum absolute atomic E-state index is 0.0579. The summed E-state index contributed by atoms with van der Waals surface area (Å²) in [5.74, 6) is 0. The second-order valence-corrected chi connectivity index (χ2v) is 7.29. The fourth-order valence-corrected chi connectivity index (χ4v) is 4.20. The molecule has 0 radical (unpaired) electrons. The van der Waals surface area contributed by atoms with Gasteiger partial charge in [-0.05, 0) is 65.0 Å². The summed E-state index contributed by atoms with van der Waals surface area (Å²) in [6.07, 6.45) is 0. The maximum absolute atomic E-state index is 6.61. The summed E-state index contributed by atoms with van der Waals surface area (Å²) in [7, 11) is 0. The second kappa shape index (κ2) is 5.13.